The lowest BCUT2D eigenvalue weighted by atomic mass is 10.2. The van der Waals surface area contributed by atoms with Crippen LogP contribution in [0.25, 0.3) is 0 Å². The van der Waals surface area contributed by atoms with Gasteiger partial charge in [-0.3, -0.25) is 0 Å². The molecule has 1 aromatic heterocycles. The average Bonchev–Trinajstić information content (AvgIpc) is 2.35. The third-order valence-corrected chi connectivity index (χ3v) is 1.67. The van der Waals surface area contributed by atoms with Crippen molar-refractivity contribution in [2.24, 2.45) is 0 Å². The Balaban J connectivity index is 3.00. The third kappa shape index (κ3) is 3.07. The molecule has 0 aliphatic rings. The summed E-state index contributed by atoms with van der Waals surface area (Å²) in [6.07, 6.45) is 7.81. The van der Waals surface area contributed by atoms with Crippen molar-refractivity contribution in [2.45, 2.75) is 6.92 Å². The molecule has 80 valence electrons. The molecule has 4 heteroatoms. The fraction of sp³-hybridized carbons (Fsp3) is 0.0833. The minimum Gasteiger partial charge on any atom is -0.438 e. The summed E-state index contributed by atoms with van der Waals surface area (Å²) in [6.45, 7) is 5.42. The summed E-state index contributed by atoms with van der Waals surface area (Å²) < 4.78 is 5.41. The van der Waals surface area contributed by atoms with Crippen LogP contribution in [0.4, 0.5) is 0 Å². The molecule has 0 bridgehead atoms. The number of aromatic nitrogens is 2. The first-order valence-corrected chi connectivity index (χ1v) is 4.65. The van der Waals surface area contributed by atoms with Crippen LogP contribution in [0, 0.1) is 11.3 Å². The lowest BCUT2D eigenvalue weighted by molar-refractivity contribution is 0.423. The van der Waals surface area contributed by atoms with Gasteiger partial charge in [0.2, 0.25) is 5.88 Å². The van der Waals surface area contributed by atoms with E-state index in [1.165, 1.54) is 12.4 Å². The molecule has 1 rings (SSSR count). The van der Waals surface area contributed by atoms with E-state index in [0.717, 1.165) is 0 Å². The monoisotopic (exact) mass is 213 g/mol. The fourth-order valence-electron chi connectivity index (χ4n) is 0.999. The summed E-state index contributed by atoms with van der Waals surface area (Å²) in [5.74, 6) is 0.751. The van der Waals surface area contributed by atoms with E-state index in [0.29, 0.717) is 17.2 Å². The van der Waals surface area contributed by atoms with Crippen LogP contribution in [0.2, 0.25) is 0 Å². The average molecular weight is 213 g/mol. The van der Waals surface area contributed by atoms with Crippen molar-refractivity contribution in [3.8, 4) is 11.9 Å². The van der Waals surface area contributed by atoms with Gasteiger partial charge in [0.15, 0.2) is 0 Å². The third-order valence-electron chi connectivity index (χ3n) is 1.67. The van der Waals surface area contributed by atoms with Crippen LogP contribution in [0.5, 0.6) is 5.88 Å². The van der Waals surface area contributed by atoms with Crippen LogP contribution >= 0.6 is 0 Å². The predicted octanol–water partition coefficient (Wildman–Crippen LogP) is 2.40. The normalized spacial score (nSPS) is 11.8. The van der Waals surface area contributed by atoms with E-state index in [4.69, 9.17) is 10.00 Å². The van der Waals surface area contributed by atoms with Gasteiger partial charge in [-0.25, -0.2) is 9.97 Å². The van der Waals surface area contributed by atoms with Crippen LogP contribution < -0.4 is 4.74 Å². The SMILES string of the molecule is C=CC(Oc1ccncn1)=C(C#N)C=CC. The second-order valence-corrected chi connectivity index (χ2v) is 2.74. The maximum Gasteiger partial charge on any atom is 0.222 e. The second-order valence-electron chi connectivity index (χ2n) is 2.74. The Hall–Kier alpha value is -2.41. The first kappa shape index (κ1) is 11.7. The molecular formula is C12H11N3O. The van der Waals surface area contributed by atoms with Crippen LogP contribution in [-0.4, -0.2) is 9.97 Å². The Morgan fingerprint density at radius 2 is 2.44 bits per heavy atom. The van der Waals surface area contributed by atoms with E-state index in [2.05, 4.69) is 16.5 Å². The van der Waals surface area contributed by atoms with Crippen molar-refractivity contribution < 1.29 is 4.74 Å². The summed E-state index contributed by atoms with van der Waals surface area (Å²) in [5.41, 5.74) is 0.399. The summed E-state index contributed by atoms with van der Waals surface area (Å²) in [7, 11) is 0. The molecule has 0 radical (unpaired) electrons. The van der Waals surface area contributed by atoms with Crippen molar-refractivity contribution in [3.05, 3.63) is 54.7 Å². The van der Waals surface area contributed by atoms with Gasteiger partial charge in [0.1, 0.15) is 18.2 Å². The molecule has 1 aromatic rings. The van der Waals surface area contributed by atoms with Crippen LogP contribution in [-0.2, 0) is 0 Å². The molecule has 1 heterocycles. The van der Waals surface area contributed by atoms with E-state index in [9.17, 15) is 0 Å². The molecule has 0 unspecified atom stereocenters. The molecule has 0 aliphatic carbocycles. The molecule has 0 amide bonds. The highest BCUT2D eigenvalue weighted by molar-refractivity contribution is 5.40. The Morgan fingerprint density at radius 1 is 1.62 bits per heavy atom. The Labute approximate surface area is 94.2 Å². The van der Waals surface area contributed by atoms with Gasteiger partial charge < -0.3 is 4.74 Å². The molecular weight excluding hydrogens is 202 g/mol. The van der Waals surface area contributed by atoms with Crippen LogP contribution in [0.15, 0.2) is 54.7 Å². The second kappa shape index (κ2) is 6.14. The Bertz CT molecular complexity index is 455. The molecule has 4 nitrogen and oxygen atoms in total. The highest BCUT2D eigenvalue weighted by atomic mass is 16.5. The van der Waals surface area contributed by atoms with E-state index in [1.807, 2.05) is 13.0 Å². The number of hydrogen-bond acceptors (Lipinski definition) is 4. The highest BCUT2D eigenvalue weighted by Crippen LogP contribution is 2.13. The van der Waals surface area contributed by atoms with Crippen molar-refractivity contribution in [2.75, 3.05) is 0 Å². The van der Waals surface area contributed by atoms with E-state index >= 15 is 0 Å². The minimum atomic E-state index is 0.374. The summed E-state index contributed by atoms with van der Waals surface area (Å²) >= 11 is 0. The number of hydrogen-bond donors (Lipinski definition) is 0. The lowest BCUT2D eigenvalue weighted by Crippen LogP contribution is -1.97. The summed E-state index contributed by atoms with van der Waals surface area (Å²) in [6, 6.07) is 3.63. The molecule has 0 fully saturated rings. The molecule has 0 spiro atoms. The van der Waals surface area contributed by atoms with Gasteiger partial charge in [0.25, 0.3) is 0 Å². The quantitative estimate of drug-likeness (QED) is 0.437. The number of nitriles is 1. The van der Waals surface area contributed by atoms with Crippen molar-refractivity contribution in [3.63, 3.8) is 0 Å². The molecule has 0 N–H and O–H groups in total. The zero-order chi connectivity index (χ0) is 11.8. The van der Waals surface area contributed by atoms with Gasteiger partial charge in [-0.05, 0) is 19.1 Å². The van der Waals surface area contributed by atoms with E-state index in [-0.39, 0.29) is 0 Å². The zero-order valence-corrected chi connectivity index (χ0v) is 8.92. The number of allylic oxidation sites excluding steroid dienone is 4. The molecule has 0 saturated carbocycles. The smallest absolute Gasteiger partial charge is 0.222 e. The summed E-state index contributed by atoms with van der Waals surface area (Å²) in [5, 5.41) is 8.92. The molecule has 0 aromatic carbocycles. The molecule has 0 atom stereocenters. The largest absolute Gasteiger partial charge is 0.438 e. The topological polar surface area (TPSA) is 58.8 Å². The Kier molecular flexibility index (Phi) is 4.48. The van der Waals surface area contributed by atoms with Crippen LogP contribution in [0.1, 0.15) is 6.92 Å². The van der Waals surface area contributed by atoms with Gasteiger partial charge in [-0.15, -0.1) is 0 Å². The highest BCUT2D eigenvalue weighted by Gasteiger charge is 2.03. The fourth-order valence-corrected chi connectivity index (χ4v) is 0.999. The first-order valence-electron chi connectivity index (χ1n) is 4.65. The van der Waals surface area contributed by atoms with Gasteiger partial charge in [0.05, 0.1) is 5.57 Å². The lowest BCUT2D eigenvalue weighted by Gasteiger charge is -2.05. The van der Waals surface area contributed by atoms with Gasteiger partial charge in [-0.1, -0.05) is 12.7 Å². The number of nitrogens with zero attached hydrogens (tertiary/aromatic N) is 3. The van der Waals surface area contributed by atoms with E-state index in [1.54, 1.807) is 24.4 Å². The van der Waals surface area contributed by atoms with E-state index < -0.39 is 0 Å². The van der Waals surface area contributed by atoms with Gasteiger partial charge >= 0.3 is 0 Å². The first-order chi connectivity index (χ1) is 7.81. The minimum absolute atomic E-state index is 0.374. The number of ether oxygens (including phenoxy) is 1. The number of rotatable bonds is 4. The molecule has 0 aliphatic heterocycles. The Morgan fingerprint density at radius 3 is 2.94 bits per heavy atom. The predicted molar refractivity (Wildman–Crippen MR) is 60.3 cm³/mol. The van der Waals surface area contributed by atoms with Crippen molar-refractivity contribution >= 4 is 0 Å². The van der Waals surface area contributed by atoms with Gasteiger partial charge in [0, 0.05) is 12.3 Å². The molecule has 0 saturated heterocycles. The summed E-state index contributed by atoms with van der Waals surface area (Å²) in [4.78, 5) is 7.66. The van der Waals surface area contributed by atoms with Gasteiger partial charge in [-0.2, -0.15) is 5.26 Å². The standard InChI is InChI=1S/C12H11N3O/c1-3-5-10(8-13)11(4-2)16-12-6-7-14-9-15-12/h3-7,9H,2H2,1H3. The zero-order valence-electron chi connectivity index (χ0n) is 8.92. The van der Waals surface area contributed by atoms with Crippen molar-refractivity contribution in [1.82, 2.24) is 9.97 Å². The molecule has 16 heavy (non-hydrogen) atoms. The maximum absolute atomic E-state index is 8.92. The van der Waals surface area contributed by atoms with Crippen molar-refractivity contribution in [1.29, 1.82) is 5.26 Å². The van der Waals surface area contributed by atoms with Crippen LogP contribution in [0.3, 0.4) is 0 Å². The maximum atomic E-state index is 8.92.